The lowest BCUT2D eigenvalue weighted by Gasteiger charge is -2.27. The average Bonchev–Trinajstić information content (AvgIpc) is 3.79. The highest BCUT2D eigenvalue weighted by molar-refractivity contribution is 7.12. The van der Waals surface area contributed by atoms with E-state index in [-0.39, 0.29) is 13.4 Å². The summed E-state index contributed by atoms with van der Waals surface area (Å²) in [6.45, 7) is -0.360. The Bertz CT molecular complexity index is 2930. The van der Waals surface area contributed by atoms with E-state index in [2.05, 4.69) is 181 Å². The van der Waals surface area contributed by atoms with E-state index < -0.39 is 0 Å². The maximum atomic E-state index is 6.98. The van der Waals surface area contributed by atoms with Crippen molar-refractivity contribution >= 4 is 107 Å². The molecule has 1 aliphatic rings. The lowest BCUT2D eigenvalue weighted by Crippen LogP contribution is -2.73. The van der Waals surface area contributed by atoms with E-state index in [0.29, 0.717) is 0 Å². The van der Waals surface area contributed by atoms with Crippen LogP contribution in [0, 0.1) is 0 Å². The summed E-state index contributed by atoms with van der Waals surface area (Å²) in [5.74, 6) is 0. The highest BCUT2D eigenvalue weighted by Gasteiger charge is 2.46. The molecule has 11 rings (SSSR count). The van der Waals surface area contributed by atoms with Gasteiger partial charge >= 0.3 is 0 Å². The third kappa shape index (κ3) is 4.76. The van der Waals surface area contributed by atoms with Crippen LogP contribution < -0.4 is 38.1 Å². The summed E-state index contributed by atoms with van der Waals surface area (Å²) in [7, 11) is 0. The first kappa shape index (κ1) is 29.9. The molecule has 1 aliphatic heterocycles. The van der Waals surface area contributed by atoms with Gasteiger partial charge in [0, 0.05) is 38.6 Å². The largest absolute Gasteiger partial charge is 0.471 e. The molecular weight excluding hydrogens is 646 g/mol. The SMILES string of the molecule is c1ccc(N(c2ccccc2)c2ccc(B3c4oc5ccccc5c4B(c4ccc5cc6ccccc6nc5c4)c4oc5ccccc5c43)cc2)cc1. The van der Waals surface area contributed by atoms with Crippen LogP contribution in [0.5, 0.6) is 0 Å². The molecule has 4 heterocycles. The Morgan fingerprint density at radius 1 is 0.396 bits per heavy atom. The van der Waals surface area contributed by atoms with Gasteiger partial charge in [0.15, 0.2) is 0 Å². The molecule has 0 radical (unpaired) electrons. The Balaban J connectivity index is 1.12. The second kappa shape index (κ2) is 11.9. The van der Waals surface area contributed by atoms with Crippen molar-refractivity contribution in [2.45, 2.75) is 0 Å². The Kier molecular flexibility index (Phi) is 6.71. The number of fused-ring (bicyclic) bond motifs is 8. The van der Waals surface area contributed by atoms with Crippen molar-refractivity contribution in [3.8, 4) is 0 Å². The smallest absolute Gasteiger partial charge is 0.290 e. The third-order valence-electron chi connectivity index (χ3n) is 10.8. The lowest BCUT2D eigenvalue weighted by atomic mass is 9.24. The highest BCUT2D eigenvalue weighted by atomic mass is 16.3. The summed E-state index contributed by atoms with van der Waals surface area (Å²) in [6.07, 6.45) is 0. The van der Waals surface area contributed by atoms with Crippen molar-refractivity contribution in [1.82, 2.24) is 4.98 Å². The Morgan fingerprint density at radius 3 is 1.53 bits per heavy atom. The second-order valence-electron chi connectivity index (χ2n) is 13.8. The normalized spacial score (nSPS) is 12.5. The summed E-state index contributed by atoms with van der Waals surface area (Å²) < 4.78 is 14.0. The first-order valence-corrected chi connectivity index (χ1v) is 18.1. The zero-order valence-electron chi connectivity index (χ0n) is 28.7. The third-order valence-corrected chi connectivity index (χ3v) is 10.8. The quantitative estimate of drug-likeness (QED) is 0.139. The standard InChI is InChI=1S/C47H30B2N2O2/c1-3-14-35(15-4-1)51(36-16-5-2-6-17-36)37-27-25-33(26-28-37)48-44-38-18-8-11-21-42(38)53-47(44)49(45-39-19-9-12-22-43(39)52-46(45)48)34-24-23-32-29-31-13-7-10-20-40(31)50-41(32)30-34/h1-30H. The van der Waals surface area contributed by atoms with Gasteiger partial charge in [-0.3, -0.25) is 0 Å². The number of para-hydroxylation sites is 5. The van der Waals surface area contributed by atoms with Gasteiger partial charge < -0.3 is 13.7 Å². The topological polar surface area (TPSA) is 42.4 Å². The van der Waals surface area contributed by atoms with Gasteiger partial charge in [0.2, 0.25) is 0 Å². The fourth-order valence-corrected chi connectivity index (χ4v) is 8.48. The van der Waals surface area contributed by atoms with Crippen LogP contribution in [-0.4, -0.2) is 18.4 Å². The highest BCUT2D eigenvalue weighted by Crippen LogP contribution is 2.34. The number of hydrogen-bond donors (Lipinski definition) is 0. The van der Waals surface area contributed by atoms with E-state index in [1.807, 2.05) is 6.07 Å². The van der Waals surface area contributed by atoms with Crippen molar-refractivity contribution in [3.63, 3.8) is 0 Å². The van der Waals surface area contributed by atoms with E-state index in [1.54, 1.807) is 0 Å². The van der Waals surface area contributed by atoms with Crippen LogP contribution in [0.2, 0.25) is 0 Å². The molecule has 0 unspecified atom stereocenters. The van der Waals surface area contributed by atoms with Gasteiger partial charge in [-0.2, -0.15) is 0 Å². The van der Waals surface area contributed by atoms with Crippen LogP contribution in [-0.2, 0) is 0 Å². The molecule has 0 bridgehead atoms. The van der Waals surface area contributed by atoms with Gasteiger partial charge in [-0.25, -0.2) is 4.98 Å². The summed E-state index contributed by atoms with van der Waals surface area (Å²) in [5.41, 5.74) is 13.5. The molecule has 3 aromatic heterocycles. The minimum atomic E-state index is -0.184. The molecule has 0 spiro atoms. The summed E-state index contributed by atoms with van der Waals surface area (Å²) in [4.78, 5) is 7.40. The second-order valence-corrected chi connectivity index (χ2v) is 13.8. The Hall–Kier alpha value is -6.78. The Morgan fingerprint density at radius 2 is 0.887 bits per heavy atom. The molecule has 246 valence electrons. The first-order valence-electron chi connectivity index (χ1n) is 18.1. The fraction of sp³-hybridized carbons (Fsp3) is 0. The van der Waals surface area contributed by atoms with Gasteiger partial charge in [0.05, 0.1) is 22.4 Å². The molecule has 0 saturated heterocycles. The van der Waals surface area contributed by atoms with E-state index in [4.69, 9.17) is 13.8 Å². The minimum Gasteiger partial charge on any atom is -0.471 e. The van der Waals surface area contributed by atoms with E-state index in [0.717, 1.165) is 94.0 Å². The molecule has 0 aliphatic carbocycles. The molecule has 0 N–H and O–H groups in total. The van der Waals surface area contributed by atoms with Gasteiger partial charge in [0.25, 0.3) is 13.4 Å². The number of anilines is 3. The fourth-order valence-electron chi connectivity index (χ4n) is 8.48. The van der Waals surface area contributed by atoms with E-state index >= 15 is 0 Å². The molecule has 10 aromatic rings. The molecule has 0 amide bonds. The number of nitrogens with zero attached hydrogens (tertiary/aromatic N) is 2. The van der Waals surface area contributed by atoms with Crippen molar-refractivity contribution in [1.29, 1.82) is 0 Å². The number of hydrogen-bond acceptors (Lipinski definition) is 4. The molecular formula is C47H30B2N2O2. The van der Waals surface area contributed by atoms with E-state index in [9.17, 15) is 0 Å². The molecule has 7 aromatic carbocycles. The van der Waals surface area contributed by atoms with E-state index in [1.165, 1.54) is 0 Å². The number of furan rings is 2. The van der Waals surface area contributed by atoms with Crippen LogP contribution in [0.1, 0.15) is 0 Å². The minimum absolute atomic E-state index is 0.175. The molecule has 0 saturated carbocycles. The monoisotopic (exact) mass is 676 g/mol. The van der Waals surface area contributed by atoms with Crippen molar-refractivity contribution in [2.24, 2.45) is 0 Å². The van der Waals surface area contributed by atoms with Crippen molar-refractivity contribution < 1.29 is 8.83 Å². The maximum absolute atomic E-state index is 6.98. The molecule has 53 heavy (non-hydrogen) atoms. The number of benzene rings is 7. The maximum Gasteiger partial charge on any atom is 0.290 e. The molecule has 0 fully saturated rings. The first-order chi connectivity index (χ1) is 26.3. The number of aromatic nitrogens is 1. The van der Waals surface area contributed by atoms with Crippen LogP contribution >= 0.6 is 0 Å². The average molecular weight is 676 g/mol. The van der Waals surface area contributed by atoms with Gasteiger partial charge in [0.1, 0.15) is 11.2 Å². The zero-order chi connectivity index (χ0) is 34.9. The molecule has 6 heteroatoms. The molecule has 0 atom stereocenters. The van der Waals surface area contributed by atoms with Gasteiger partial charge in [-0.15, -0.1) is 0 Å². The summed E-state index contributed by atoms with van der Waals surface area (Å²) in [6, 6.07) is 64.1. The van der Waals surface area contributed by atoms with Gasteiger partial charge in [-0.1, -0.05) is 126 Å². The predicted octanol–water partition coefficient (Wildman–Crippen LogP) is 7.70. The van der Waals surface area contributed by atoms with Crippen molar-refractivity contribution in [3.05, 3.63) is 182 Å². The zero-order valence-corrected chi connectivity index (χ0v) is 28.7. The van der Waals surface area contributed by atoms with Crippen LogP contribution in [0.15, 0.2) is 191 Å². The Labute approximate surface area is 307 Å². The lowest BCUT2D eigenvalue weighted by molar-refractivity contribution is 0.647. The summed E-state index contributed by atoms with van der Waals surface area (Å²) in [5, 5.41) is 4.46. The van der Waals surface area contributed by atoms with Crippen LogP contribution in [0.4, 0.5) is 17.1 Å². The predicted molar refractivity (Wildman–Crippen MR) is 222 cm³/mol. The van der Waals surface area contributed by atoms with Gasteiger partial charge in [-0.05, 0) is 77.7 Å². The molecule has 4 nitrogen and oxygen atoms in total. The number of pyridine rings is 1. The summed E-state index contributed by atoms with van der Waals surface area (Å²) >= 11 is 0. The van der Waals surface area contributed by atoms with Crippen molar-refractivity contribution in [2.75, 3.05) is 4.90 Å². The van der Waals surface area contributed by atoms with Crippen LogP contribution in [0.3, 0.4) is 0 Å². The van der Waals surface area contributed by atoms with Crippen LogP contribution in [0.25, 0.3) is 43.7 Å². The number of rotatable bonds is 5.